The molecule has 1 aliphatic carbocycles. The number of aromatic nitrogens is 1. The predicted molar refractivity (Wildman–Crippen MR) is 65.9 cm³/mol. The SMILES string of the molecule is O=S(=O)(CCNC1CC1)NCc1ccccn1. The van der Waals surface area contributed by atoms with E-state index in [0.29, 0.717) is 12.6 Å². The lowest BCUT2D eigenvalue weighted by Gasteiger charge is -2.06. The van der Waals surface area contributed by atoms with E-state index in [0.717, 1.165) is 5.69 Å². The van der Waals surface area contributed by atoms with Gasteiger partial charge in [-0.3, -0.25) is 4.98 Å². The first-order valence-corrected chi connectivity index (χ1v) is 7.41. The fourth-order valence-electron chi connectivity index (χ4n) is 1.44. The van der Waals surface area contributed by atoms with E-state index in [1.165, 1.54) is 12.8 Å². The molecule has 0 aliphatic heterocycles. The third-order valence-corrected chi connectivity index (χ3v) is 3.91. The zero-order valence-corrected chi connectivity index (χ0v) is 10.4. The second kappa shape index (κ2) is 5.57. The number of rotatable bonds is 7. The van der Waals surface area contributed by atoms with Crippen LogP contribution in [0.1, 0.15) is 18.5 Å². The Kier molecular flexibility index (Phi) is 4.09. The van der Waals surface area contributed by atoms with Crippen LogP contribution in [0.15, 0.2) is 24.4 Å². The van der Waals surface area contributed by atoms with Crippen LogP contribution in [0, 0.1) is 0 Å². The summed E-state index contributed by atoms with van der Waals surface area (Å²) >= 11 is 0. The van der Waals surface area contributed by atoms with Gasteiger partial charge in [0.1, 0.15) is 0 Å². The van der Waals surface area contributed by atoms with E-state index in [2.05, 4.69) is 15.0 Å². The molecule has 1 heterocycles. The van der Waals surface area contributed by atoms with Gasteiger partial charge in [-0.1, -0.05) is 6.07 Å². The lowest BCUT2D eigenvalue weighted by molar-refractivity contribution is 0.575. The molecule has 1 saturated carbocycles. The Balaban J connectivity index is 1.72. The summed E-state index contributed by atoms with van der Waals surface area (Å²) < 4.78 is 25.8. The Morgan fingerprint density at radius 1 is 1.35 bits per heavy atom. The molecule has 1 aromatic rings. The van der Waals surface area contributed by atoms with Gasteiger partial charge in [0.05, 0.1) is 18.0 Å². The van der Waals surface area contributed by atoms with Crippen molar-refractivity contribution in [3.05, 3.63) is 30.1 Å². The highest BCUT2D eigenvalue weighted by Crippen LogP contribution is 2.17. The molecule has 0 bridgehead atoms. The first-order valence-electron chi connectivity index (χ1n) is 5.76. The highest BCUT2D eigenvalue weighted by atomic mass is 32.2. The molecule has 5 nitrogen and oxygen atoms in total. The fourth-order valence-corrected chi connectivity index (χ4v) is 2.34. The van der Waals surface area contributed by atoms with E-state index in [1.54, 1.807) is 18.3 Å². The van der Waals surface area contributed by atoms with E-state index >= 15 is 0 Å². The van der Waals surface area contributed by atoms with Crippen molar-refractivity contribution in [1.29, 1.82) is 0 Å². The van der Waals surface area contributed by atoms with Crippen molar-refractivity contribution < 1.29 is 8.42 Å². The van der Waals surface area contributed by atoms with Crippen LogP contribution in [0.4, 0.5) is 0 Å². The van der Waals surface area contributed by atoms with Gasteiger partial charge in [0.25, 0.3) is 0 Å². The minimum absolute atomic E-state index is 0.121. The van der Waals surface area contributed by atoms with Gasteiger partial charge in [-0.2, -0.15) is 0 Å². The summed E-state index contributed by atoms with van der Waals surface area (Å²) in [5, 5.41) is 3.18. The first kappa shape index (κ1) is 12.5. The molecule has 6 heteroatoms. The van der Waals surface area contributed by atoms with Crippen LogP contribution in [-0.4, -0.2) is 31.7 Å². The van der Waals surface area contributed by atoms with Crippen molar-refractivity contribution in [2.24, 2.45) is 0 Å². The number of hydrogen-bond donors (Lipinski definition) is 2. The molecule has 0 aromatic carbocycles. The van der Waals surface area contributed by atoms with E-state index in [-0.39, 0.29) is 12.3 Å². The van der Waals surface area contributed by atoms with Gasteiger partial charge in [0.2, 0.25) is 10.0 Å². The Bertz CT molecular complexity index is 443. The van der Waals surface area contributed by atoms with E-state index in [1.807, 2.05) is 6.07 Å². The van der Waals surface area contributed by atoms with Crippen molar-refractivity contribution in [1.82, 2.24) is 15.0 Å². The van der Waals surface area contributed by atoms with Gasteiger partial charge >= 0.3 is 0 Å². The highest BCUT2D eigenvalue weighted by molar-refractivity contribution is 7.89. The molecular formula is C11H17N3O2S. The largest absolute Gasteiger partial charge is 0.313 e. The van der Waals surface area contributed by atoms with Crippen LogP contribution >= 0.6 is 0 Å². The summed E-state index contributed by atoms with van der Waals surface area (Å²) in [7, 11) is -3.20. The van der Waals surface area contributed by atoms with Gasteiger partial charge in [0, 0.05) is 18.8 Å². The number of pyridine rings is 1. The zero-order valence-electron chi connectivity index (χ0n) is 9.59. The second-order valence-electron chi connectivity index (χ2n) is 4.19. The predicted octanol–water partition coefficient (Wildman–Crippen LogP) is 0.253. The van der Waals surface area contributed by atoms with Crippen LogP contribution in [0.2, 0.25) is 0 Å². The highest BCUT2D eigenvalue weighted by Gasteiger charge is 2.21. The number of nitrogens with one attached hydrogen (secondary N) is 2. The maximum absolute atomic E-state index is 11.6. The van der Waals surface area contributed by atoms with Crippen LogP contribution in [-0.2, 0) is 16.6 Å². The second-order valence-corrected chi connectivity index (χ2v) is 6.12. The molecule has 2 rings (SSSR count). The molecule has 0 atom stereocenters. The molecule has 0 spiro atoms. The minimum atomic E-state index is -3.20. The average Bonchev–Trinajstić information content (AvgIpc) is 3.12. The van der Waals surface area contributed by atoms with Crippen LogP contribution in [0.3, 0.4) is 0 Å². The summed E-state index contributed by atoms with van der Waals surface area (Å²) in [6.45, 7) is 0.773. The average molecular weight is 255 g/mol. The number of sulfonamides is 1. The molecule has 94 valence electrons. The summed E-state index contributed by atoms with van der Waals surface area (Å²) in [5.74, 6) is 0.121. The molecule has 0 unspecified atom stereocenters. The Morgan fingerprint density at radius 3 is 2.82 bits per heavy atom. The first-order chi connectivity index (χ1) is 8.16. The van der Waals surface area contributed by atoms with Crippen molar-refractivity contribution >= 4 is 10.0 Å². The standard InChI is InChI=1S/C11H17N3O2S/c15-17(16,8-7-13-10-4-5-10)14-9-11-3-1-2-6-12-11/h1-3,6,10,13-14H,4-5,7-9H2. The van der Waals surface area contributed by atoms with Crippen LogP contribution in [0.5, 0.6) is 0 Å². The monoisotopic (exact) mass is 255 g/mol. The Labute approximate surface area is 102 Å². The Morgan fingerprint density at radius 2 is 2.18 bits per heavy atom. The van der Waals surface area contributed by atoms with Gasteiger partial charge in [-0.25, -0.2) is 13.1 Å². The third kappa shape index (κ3) is 4.80. The van der Waals surface area contributed by atoms with Gasteiger partial charge in [0.15, 0.2) is 0 Å². The third-order valence-electron chi connectivity index (χ3n) is 2.58. The topological polar surface area (TPSA) is 71.1 Å². The molecule has 2 N–H and O–H groups in total. The van der Waals surface area contributed by atoms with Crippen molar-refractivity contribution in [2.75, 3.05) is 12.3 Å². The molecule has 1 fully saturated rings. The molecule has 17 heavy (non-hydrogen) atoms. The molecule has 1 aliphatic rings. The molecular weight excluding hydrogens is 238 g/mol. The summed E-state index contributed by atoms with van der Waals surface area (Å²) in [5.41, 5.74) is 0.728. The summed E-state index contributed by atoms with van der Waals surface area (Å²) in [6, 6.07) is 5.98. The molecule has 1 aromatic heterocycles. The van der Waals surface area contributed by atoms with E-state index in [9.17, 15) is 8.42 Å². The quantitative estimate of drug-likeness (QED) is 0.733. The van der Waals surface area contributed by atoms with Crippen LogP contribution < -0.4 is 10.0 Å². The van der Waals surface area contributed by atoms with Crippen molar-refractivity contribution in [3.63, 3.8) is 0 Å². The van der Waals surface area contributed by atoms with Gasteiger partial charge in [-0.05, 0) is 25.0 Å². The van der Waals surface area contributed by atoms with Crippen molar-refractivity contribution in [3.8, 4) is 0 Å². The fraction of sp³-hybridized carbons (Fsp3) is 0.545. The normalized spacial score (nSPS) is 16.0. The molecule has 0 saturated heterocycles. The lowest BCUT2D eigenvalue weighted by Crippen LogP contribution is -2.32. The molecule has 0 radical (unpaired) electrons. The number of nitrogens with zero attached hydrogens (tertiary/aromatic N) is 1. The lowest BCUT2D eigenvalue weighted by atomic mass is 10.4. The smallest absolute Gasteiger partial charge is 0.213 e. The maximum atomic E-state index is 11.6. The summed E-state index contributed by atoms with van der Waals surface area (Å²) in [6.07, 6.45) is 3.99. The van der Waals surface area contributed by atoms with Gasteiger partial charge in [-0.15, -0.1) is 0 Å². The Hall–Kier alpha value is -0.980. The summed E-state index contributed by atoms with van der Waals surface area (Å²) in [4.78, 5) is 4.06. The molecule has 0 amide bonds. The zero-order chi connectivity index (χ0) is 12.1. The van der Waals surface area contributed by atoms with Gasteiger partial charge < -0.3 is 5.32 Å². The number of hydrogen-bond acceptors (Lipinski definition) is 4. The van der Waals surface area contributed by atoms with Crippen molar-refractivity contribution in [2.45, 2.75) is 25.4 Å². The van der Waals surface area contributed by atoms with E-state index in [4.69, 9.17) is 0 Å². The minimum Gasteiger partial charge on any atom is -0.313 e. The van der Waals surface area contributed by atoms with E-state index < -0.39 is 10.0 Å². The maximum Gasteiger partial charge on any atom is 0.213 e. The van der Waals surface area contributed by atoms with Crippen LogP contribution in [0.25, 0.3) is 0 Å².